The lowest BCUT2D eigenvalue weighted by Gasteiger charge is -2.29. The number of hydrogen-bond donors (Lipinski definition) is 1. The van der Waals surface area contributed by atoms with Gasteiger partial charge < -0.3 is 10.1 Å². The highest BCUT2D eigenvalue weighted by Crippen LogP contribution is 2.44. The third-order valence-electron chi connectivity index (χ3n) is 6.09. The lowest BCUT2D eigenvalue weighted by Crippen LogP contribution is -2.38. The van der Waals surface area contributed by atoms with Crippen LogP contribution in [0.15, 0.2) is 30.3 Å². The van der Waals surface area contributed by atoms with Crippen molar-refractivity contribution in [2.75, 3.05) is 11.9 Å². The molecule has 0 aliphatic heterocycles. The summed E-state index contributed by atoms with van der Waals surface area (Å²) in [4.78, 5) is 28.0. The summed E-state index contributed by atoms with van der Waals surface area (Å²) in [6.07, 6.45) is 7.93. The van der Waals surface area contributed by atoms with Gasteiger partial charge in [0.2, 0.25) is 5.91 Å². The van der Waals surface area contributed by atoms with Crippen LogP contribution in [-0.4, -0.2) is 18.5 Å². The molecule has 0 saturated heterocycles. The van der Waals surface area contributed by atoms with Crippen LogP contribution in [0.1, 0.15) is 71.1 Å². The number of aryl methyl sites for hydroxylation is 1. The average Bonchev–Trinajstić information content (AvgIpc) is 3.35. The standard InChI is InChI=1S/C23H27NO3S/c1-2-27-21(25)20-19(17-12-6-7-13-18(17)28-20)24-22(26)23(14-8-9-15-23)16-10-4-3-5-11-16/h3-5,10-11H,2,6-9,12-15H2,1H3,(H,24,26). The fourth-order valence-electron chi connectivity index (χ4n) is 4.65. The van der Waals surface area contributed by atoms with E-state index in [4.69, 9.17) is 4.74 Å². The number of carbonyl (C=O) groups is 2. The number of hydrogen-bond acceptors (Lipinski definition) is 4. The van der Waals surface area contributed by atoms with E-state index in [2.05, 4.69) is 17.4 Å². The van der Waals surface area contributed by atoms with Crippen LogP contribution in [0.25, 0.3) is 0 Å². The minimum absolute atomic E-state index is 0.0212. The summed E-state index contributed by atoms with van der Waals surface area (Å²) in [6, 6.07) is 10.1. The number of fused-ring (bicyclic) bond motifs is 1. The number of benzene rings is 1. The van der Waals surface area contributed by atoms with Gasteiger partial charge in [0.1, 0.15) is 4.88 Å². The zero-order chi connectivity index (χ0) is 19.6. The van der Waals surface area contributed by atoms with Gasteiger partial charge in [-0.15, -0.1) is 11.3 Å². The van der Waals surface area contributed by atoms with Crippen molar-refractivity contribution < 1.29 is 14.3 Å². The number of esters is 1. The van der Waals surface area contributed by atoms with Crippen LogP contribution in [-0.2, 0) is 27.8 Å². The first kappa shape index (κ1) is 19.2. The largest absolute Gasteiger partial charge is 0.462 e. The quantitative estimate of drug-likeness (QED) is 0.701. The van der Waals surface area contributed by atoms with Crippen molar-refractivity contribution in [1.29, 1.82) is 0 Å². The van der Waals surface area contributed by atoms with E-state index in [0.717, 1.165) is 62.5 Å². The second-order valence-electron chi connectivity index (χ2n) is 7.74. The molecular weight excluding hydrogens is 370 g/mol. The highest BCUT2D eigenvalue weighted by molar-refractivity contribution is 7.14. The summed E-state index contributed by atoms with van der Waals surface area (Å²) in [7, 11) is 0. The minimum atomic E-state index is -0.503. The number of anilines is 1. The fraction of sp³-hybridized carbons (Fsp3) is 0.478. The van der Waals surface area contributed by atoms with Crippen molar-refractivity contribution in [1.82, 2.24) is 0 Å². The summed E-state index contributed by atoms with van der Waals surface area (Å²) < 4.78 is 5.28. The van der Waals surface area contributed by atoms with Crippen LogP contribution < -0.4 is 5.32 Å². The molecule has 1 amide bonds. The van der Waals surface area contributed by atoms with E-state index in [-0.39, 0.29) is 11.9 Å². The Morgan fingerprint density at radius 2 is 1.79 bits per heavy atom. The zero-order valence-corrected chi connectivity index (χ0v) is 17.2. The van der Waals surface area contributed by atoms with Crippen molar-refractivity contribution in [3.8, 4) is 0 Å². The minimum Gasteiger partial charge on any atom is -0.462 e. The lowest BCUT2D eigenvalue weighted by molar-refractivity contribution is -0.121. The Bertz CT molecular complexity index is 865. The van der Waals surface area contributed by atoms with Crippen LogP contribution in [0.5, 0.6) is 0 Å². The molecule has 1 saturated carbocycles. The van der Waals surface area contributed by atoms with Gasteiger partial charge in [-0.2, -0.15) is 0 Å². The maximum atomic E-state index is 13.6. The molecule has 1 heterocycles. The van der Waals surface area contributed by atoms with E-state index in [0.29, 0.717) is 17.2 Å². The molecule has 1 aromatic heterocycles. The summed E-state index contributed by atoms with van der Waals surface area (Å²) in [6.45, 7) is 2.15. The molecule has 4 nitrogen and oxygen atoms in total. The van der Waals surface area contributed by atoms with Crippen LogP contribution >= 0.6 is 11.3 Å². The number of amides is 1. The molecule has 2 aliphatic carbocycles. The SMILES string of the molecule is CCOC(=O)c1sc2c(c1NC(=O)C1(c3ccccc3)CCCC1)CCCC2. The van der Waals surface area contributed by atoms with Crippen LogP contribution in [0.3, 0.4) is 0 Å². The molecule has 0 unspecified atom stereocenters. The summed E-state index contributed by atoms with van der Waals surface area (Å²) in [5.74, 6) is -0.301. The topological polar surface area (TPSA) is 55.4 Å². The first-order valence-electron chi connectivity index (χ1n) is 10.3. The van der Waals surface area contributed by atoms with Gasteiger partial charge in [0, 0.05) is 4.88 Å². The third-order valence-corrected chi connectivity index (χ3v) is 7.36. The molecule has 1 aromatic carbocycles. The Balaban J connectivity index is 1.70. The molecular formula is C23H27NO3S. The fourth-order valence-corrected chi connectivity index (χ4v) is 5.89. The van der Waals surface area contributed by atoms with Gasteiger partial charge in [-0.3, -0.25) is 4.79 Å². The van der Waals surface area contributed by atoms with Gasteiger partial charge in [0.15, 0.2) is 0 Å². The van der Waals surface area contributed by atoms with Gasteiger partial charge in [-0.25, -0.2) is 4.79 Å². The van der Waals surface area contributed by atoms with E-state index in [1.165, 1.54) is 16.2 Å². The van der Waals surface area contributed by atoms with Gasteiger partial charge in [-0.05, 0) is 56.6 Å². The molecule has 2 aliphatic rings. The normalized spacial score (nSPS) is 17.8. The van der Waals surface area contributed by atoms with Crippen LogP contribution in [0.2, 0.25) is 0 Å². The van der Waals surface area contributed by atoms with E-state index < -0.39 is 5.41 Å². The predicted molar refractivity (Wildman–Crippen MR) is 112 cm³/mol. The molecule has 5 heteroatoms. The Kier molecular flexibility index (Phi) is 5.54. The first-order valence-corrected chi connectivity index (χ1v) is 11.2. The van der Waals surface area contributed by atoms with Crippen molar-refractivity contribution in [3.63, 3.8) is 0 Å². The first-order chi connectivity index (χ1) is 13.7. The summed E-state index contributed by atoms with van der Waals surface area (Å²) in [5, 5.41) is 3.21. The molecule has 148 valence electrons. The predicted octanol–water partition coefficient (Wildman–Crippen LogP) is 5.25. The Labute approximate surface area is 170 Å². The number of ether oxygens (including phenoxy) is 1. The maximum Gasteiger partial charge on any atom is 0.350 e. The second kappa shape index (κ2) is 8.08. The van der Waals surface area contributed by atoms with Gasteiger partial charge in [0.05, 0.1) is 17.7 Å². The maximum absolute atomic E-state index is 13.6. The van der Waals surface area contributed by atoms with Gasteiger partial charge in [-0.1, -0.05) is 43.2 Å². The van der Waals surface area contributed by atoms with Crippen LogP contribution in [0.4, 0.5) is 5.69 Å². The number of thiophene rings is 1. The number of nitrogens with one attached hydrogen (secondary N) is 1. The molecule has 4 rings (SSSR count). The zero-order valence-electron chi connectivity index (χ0n) is 16.4. The number of rotatable bonds is 5. The molecule has 1 fully saturated rings. The Hall–Kier alpha value is -2.14. The van der Waals surface area contributed by atoms with Crippen LogP contribution in [0, 0.1) is 0 Å². The van der Waals surface area contributed by atoms with Crippen molar-refractivity contribution in [3.05, 3.63) is 51.2 Å². The van der Waals surface area contributed by atoms with E-state index in [1.54, 1.807) is 0 Å². The van der Waals surface area contributed by atoms with Crippen molar-refractivity contribution in [2.45, 2.75) is 63.7 Å². The monoisotopic (exact) mass is 397 g/mol. The number of carbonyl (C=O) groups excluding carboxylic acids is 2. The van der Waals surface area contributed by atoms with E-state index in [1.807, 2.05) is 25.1 Å². The van der Waals surface area contributed by atoms with E-state index in [9.17, 15) is 9.59 Å². The summed E-state index contributed by atoms with van der Waals surface area (Å²) in [5.41, 5.74) is 2.43. The molecule has 0 bridgehead atoms. The average molecular weight is 398 g/mol. The molecule has 28 heavy (non-hydrogen) atoms. The molecule has 0 atom stereocenters. The Morgan fingerprint density at radius 3 is 2.50 bits per heavy atom. The Morgan fingerprint density at radius 1 is 1.07 bits per heavy atom. The van der Waals surface area contributed by atoms with E-state index >= 15 is 0 Å². The lowest BCUT2D eigenvalue weighted by atomic mass is 9.78. The highest BCUT2D eigenvalue weighted by atomic mass is 32.1. The van der Waals surface area contributed by atoms with Gasteiger partial charge in [0.25, 0.3) is 0 Å². The smallest absolute Gasteiger partial charge is 0.350 e. The molecule has 2 aromatic rings. The second-order valence-corrected chi connectivity index (χ2v) is 8.85. The molecule has 1 N–H and O–H groups in total. The molecule has 0 spiro atoms. The third kappa shape index (κ3) is 3.37. The van der Waals surface area contributed by atoms with Crippen molar-refractivity contribution in [2.24, 2.45) is 0 Å². The van der Waals surface area contributed by atoms with Gasteiger partial charge >= 0.3 is 5.97 Å². The summed E-state index contributed by atoms with van der Waals surface area (Å²) >= 11 is 1.50. The molecule has 0 radical (unpaired) electrons. The highest BCUT2D eigenvalue weighted by Gasteiger charge is 2.43. The van der Waals surface area contributed by atoms with Crippen molar-refractivity contribution >= 4 is 28.9 Å².